The van der Waals surface area contributed by atoms with Gasteiger partial charge in [-0.2, -0.15) is 0 Å². The first-order valence-corrected chi connectivity index (χ1v) is 7.97. The van der Waals surface area contributed by atoms with Gasteiger partial charge in [0.05, 0.1) is 0 Å². The third-order valence-corrected chi connectivity index (χ3v) is 4.78. The quantitative estimate of drug-likeness (QED) is 0.927. The van der Waals surface area contributed by atoms with Crippen LogP contribution in [0.1, 0.15) is 30.6 Å². The second kappa shape index (κ2) is 5.52. The molecule has 0 spiro atoms. The molecule has 3 rings (SSSR count). The SMILES string of the molecule is Cc1cnc(NC(=O)C2CCN(C(=O)C3CC3)CC2)s1. The maximum Gasteiger partial charge on any atom is 0.229 e. The lowest BCUT2D eigenvalue weighted by atomic mass is 9.95. The Kier molecular flexibility index (Phi) is 3.74. The Bertz CT molecular complexity index is 516. The summed E-state index contributed by atoms with van der Waals surface area (Å²) in [6, 6.07) is 0. The highest BCUT2D eigenvalue weighted by molar-refractivity contribution is 7.15. The standard InChI is InChI=1S/C14H19N3O2S/c1-9-8-15-14(20-9)16-12(18)10-4-6-17(7-5-10)13(19)11-2-3-11/h8,10-11H,2-7H2,1H3,(H,15,16,18). The zero-order chi connectivity index (χ0) is 14.1. The largest absolute Gasteiger partial charge is 0.342 e. The fourth-order valence-electron chi connectivity index (χ4n) is 2.57. The Labute approximate surface area is 122 Å². The van der Waals surface area contributed by atoms with Gasteiger partial charge >= 0.3 is 0 Å². The summed E-state index contributed by atoms with van der Waals surface area (Å²) >= 11 is 1.49. The Morgan fingerprint density at radius 2 is 1.95 bits per heavy atom. The number of carbonyl (C=O) groups excluding carboxylic acids is 2. The molecule has 2 fully saturated rings. The van der Waals surface area contributed by atoms with Gasteiger partial charge in [-0.25, -0.2) is 4.98 Å². The fourth-order valence-corrected chi connectivity index (χ4v) is 3.24. The molecule has 20 heavy (non-hydrogen) atoms. The van der Waals surface area contributed by atoms with Gasteiger partial charge in [-0.15, -0.1) is 11.3 Å². The minimum absolute atomic E-state index is 0.00228. The Balaban J connectivity index is 1.49. The number of nitrogens with one attached hydrogen (secondary N) is 1. The molecule has 2 amide bonds. The molecule has 0 atom stereocenters. The van der Waals surface area contributed by atoms with Gasteiger partial charge in [-0.3, -0.25) is 9.59 Å². The van der Waals surface area contributed by atoms with Gasteiger partial charge in [-0.05, 0) is 32.6 Å². The van der Waals surface area contributed by atoms with Crippen LogP contribution in [0.3, 0.4) is 0 Å². The van der Waals surface area contributed by atoms with E-state index >= 15 is 0 Å². The number of rotatable bonds is 3. The number of thiazole rings is 1. The van der Waals surface area contributed by atoms with Crippen LogP contribution in [0.5, 0.6) is 0 Å². The van der Waals surface area contributed by atoms with Crippen LogP contribution in [0.25, 0.3) is 0 Å². The van der Waals surface area contributed by atoms with E-state index < -0.39 is 0 Å². The Morgan fingerprint density at radius 3 is 2.50 bits per heavy atom. The zero-order valence-electron chi connectivity index (χ0n) is 11.6. The monoisotopic (exact) mass is 293 g/mol. The van der Waals surface area contributed by atoms with E-state index in [1.165, 1.54) is 11.3 Å². The molecule has 5 nitrogen and oxygen atoms in total. The molecule has 0 radical (unpaired) electrons. The van der Waals surface area contributed by atoms with Crippen LogP contribution in [0, 0.1) is 18.8 Å². The highest BCUT2D eigenvalue weighted by Crippen LogP contribution is 2.32. The molecule has 1 saturated carbocycles. The van der Waals surface area contributed by atoms with Crippen LogP contribution in [-0.4, -0.2) is 34.8 Å². The van der Waals surface area contributed by atoms with Gasteiger partial charge in [0.15, 0.2) is 5.13 Å². The third kappa shape index (κ3) is 3.00. The van der Waals surface area contributed by atoms with Gasteiger partial charge in [-0.1, -0.05) is 0 Å². The van der Waals surface area contributed by atoms with E-state index in [9.17, 15) is 9.59 Å². The van der Waals surface area contributed by atoms with Gasteiger partial charge in [0, 0.05) is 36.0 Å². The minimum atomic E-state index is 0.00228. The molecule has 1 aliphatic heterocycles. The van der Waals surface area contributed by atoms with Gasteiger partial charge in [0.25, 0.3) is 0 Å². The normalized spacial score (nSPS) is 19.9. The number of likely N-dealkylation sites (tertiary alicyclic amines) is 1. The van der Waals surface area contributed by atoms with Crippen LogP contribution in [0.2, 0.25) is 0 Å². The second-order valence-electron chi connectivity index (χ2n) is 5.64. The fraction of sp³-hybridized carbons (Fsp3) is 0.643. The van der Waals surface area contributed by atoms with Crippen molar-refractivity contribution < 1.29 is 9.59 Å². The number of aryl methyl sites for hydroxylation is 1. The number of anilines is 1. The minimum Gasteiger partial charge on any atom is -0.342 e. The molecule has 1 aromatic rings. The van der Waals surface area contributed by atoms with Crippen LogP contribution in [-0.2, 0) is 9.59 Å². The summed E-state index contributed by atoms with van der Waals surface area (Å²) in [5.41, 5.74) is 0. The maximum absolute atomic E-state index is 12.2. The Hall–Kier alpha value is -1.43. The molecule has 0 unspecified atom stereocenters. The van der Waals surface area contributed by atoms with Crippen molar-refractivity contribution in [2.75, 3.05) is 18.4 Å². The third-order valence-electron chi connectivity index (χ3n) is 3.96. The van der Waals surface area contributed by atoms with Crippen LogP contribution >= 0.6 is 11.3 Å². The van der Waals surface area contributed by atoms with Crippen molar-refractivity contribution in [1.29, 1.82) is 0 Å². The highest BCUT2D eigenvalue weighted by atomic mass is 32.1. The van der Waals surface area contributed by atoms with E-state index in [2.05, 4.69) is 10.3 Å². The van der Waals surface area contributed by atoms with E-state index in [-0.39, 0.29) is 17.7 Å². The summed E-state index contributed by atoms with van der Waals surface area (Å²) in [6.45, 7) is 3.39. The number of piperidine rings is 1. The topological polar surface area (TPSA) is 62.3 Å². The number of amides is 2. The maximum atomic E-state index is 12.2. The van der Waals surface area contributed by atoms with E-state index in [0.29, 0.717) is 24.1 Å². The molecule has 0 bridgehead atoms. The first kappa shape index (κ1) is 13.5. The molecule has 1 saturated heterocycles. The molecule has 2 heterocycles. The number of hydrogen-bond acceptors (Lipinski definition) is 4. The summed E-state index contributed by atoms with van der Waals surface area (Å²) < 4.78 is 0. The van der Waals surface area contributed by atoms with E-state index in [4.69, 9.17) is 0 Å². The summed E-state index contributed by atoms with van der Waals surface area (Å²) in [7, 11) is 0. The average Bonchev–Trinajstić information content (AvgIpc) is 3.22. The van der Waals surface area contributed by atoms with E-state index in [0.717, 1.165) is 30.6 Å². The van der Waals surface area contributed by atoms with E-state index in [1.54, 1.807) is 6.20 Å². The van der Waals surface area contributed by atoms with Crippen molar-refractivity contribution in [2.45, 2.75) is 32.6 Å². The van der Waals surface area contributed by atoms with Gasteiger partial charge in [0.1, 0.15) is 0 Å². The highest BCUT2D eigenvalue weighted by Gasteiger charge is 2.36. The second-order valence-corrected chi connectivity index (χ2v) is 6.87. The van der Waals surface area contributed by atoms with E-state index in [1.807, 2.05) is 11.8 Å². The summed E-state index contributed by atoms with van der Waals surface area (Å²) in [5.74, 6) is 0.610. The molecule has 2 aliphatic rings. The summed E-state index contributed by atoms with van der Waals surface area (Å²) in [5, 5.41) is 3.55. The smallest absolute Gasteiger partial charge is 0.229 e. The van der Waals surface area contributed by atoms with Crippen molar-refractivity contribution in [2.24, 2.45) is 11.8 Å². The number of hydrogen-bond donors (Lipinski definition) is 1. The summed E-state index contributed by atoms with van der Waals surface area (Å²) in [6.07, 6.45) is 5.37. The van der Waals surface area contributed by atoms with Gasteiger partial charge in [0.2, 0.25) is 11.8 Å². The molecule has 1 aromatic heterocycles. The van der Waals surface area contributed by atoms with Crippen LogP contribution < -0.4 is 5.32 Å². The first-order chi connectivity index (χ1) is 9.63. The number of carbonyl (C=O) groups is 2. The predicted octanol–water partition coefficient (Wildman–Crippen LogP) is 2.04. The molecular formula is C14H19N3O2S. The number of aromatic nitrogens is 1. The lowest BCUT2D eigenvalue weighted by Gasteiger charge is -2.31. The van der Waals surface area contributed by atoms with Gasteiger partial charge < -0.3 is 10.2 Å². The lowest BCUT2D eigenvalue weighted by Crippen LogP contribution is -2.42. The van der Waals surface area contributed by atoms with Crippen LogP contribution in [0.15, 0.2) is 6.20 Å². The molecule has 108 valence electrons. The van der Waals surface area contributed by atoms with Crippen molar-refractivity contribution in [3.8, 4) is 0 Å². The number of nitrogens with zero attached hydrogens (tertiary/aromatic N) is 2. The summed E-state index contributed by atoms with van der Waals surface area (Å²) in [4.78, 5) is 31.3. The Morgan fingerprint density at radius 1 is 1.25 bits per heavy atom. The molecular weight excluding hydrogens is 274 g/mol. The van der Waals surface area contributed by atoms with Crippen molar-refractivity contribution in [1.82, 2.24) is 9.88 Å². The molecule has 0 aromatic carbocycles. The van der Waals surface area contributed by atoms with Crippen LogP contribution in [0.4, 0.5) is 5.13 Å². The lowest BCUT2D eigenvalue weighted by molar-refractivity contribution is -0.135. The predicted molar refractivity (Wildman–Crippen MR) is 77.5 cm³/mol. The van der Waals surface area contributed by atoms with Crippen molar-refractivity contribution in [3.05, 3.63) is 11.1 Å². The average molecular weight is 293 g/mol. The zero-order valence-corrected chi connectivity index (χ0v) is 12.4. The molecule has 6 heteroatoms. The van der Waals surface area contributed by atoms with Crippen molar-refractivity contribution in [3.63, 3.8) is 0 Å². The first-order valence-electron chi connectivity index (χ1n) is 7.15. The molecule has 1 N–H and O–H groups in total. The van der Waals surface area contributed by atoms with Crippen molar-refractivity contribution >= 4 is 28.3 Å². The molecule has 1 aliphatic carbocycles.